The summed E-state index contributed by atoms with van der Waals surface area (Å²) in [5.41, 5.74) is 9.22. The summed E-state index contributed by atoms with van der Waals surface area (Å²) < 4.78 is 5.13. The second-order valence-corrected chi connectivity index (χ2v) is 4.53. The van der Waals surface area contributed by atoms with Gasteiger partial charge >= 0.3 is 0 Å². The molecule has 0 spiro atoms. The molecule has 0 fully saturated rings. The van der Waals surface area contributed by atoms with Gasteiger partial charge in [-0.1, -0.05) is 32.1 Å². The Morgan fingerprint density at radius 3 is 2.43 bits per heavy atom. The van der Waals surface area contributed by atoms with Crippen molar-refractivity contribution in [2.24, 2.45) is 5.73 Å². The van der Waals surface area contributed by atoms with Gasteiger partial charge in [0.2, 0.25) is 0 Å². The van der Waals surface area contributed by atoms with E-state index < -0.39 is 0 Å². The lowest BCUT2D eigenvalue weighted by Gasteiger charge is -2.11. The summed E-state index contributed by atoms with van der Waals surface area (Å²) in [5.74, 6) is 0.875. The highest BCUT2D eigenvalue weighted by molar-refractivity contribution is 5.27. The molecule has 0 aromatic heterocycles. The number of allylic oxidation sites excluding steroid dienone is 3. The predicted molar refractivity (Wildman–Crippen MR) is 92.1 cm³/mol. The normalized spacial score (nSPS) is 10.9. The summed E-state index contributed by atoms with van der Waals surface area (Å²) in [6.07, 6.45) is 4.89. The van der Waals surface area contributed by atoms with Crippen molar-refractivity contribution in [1.29, 1.82) is 0 Å². The van der Waals surface area contributed by atoms with E-state index in [9.17, 15) is 0 Å². The van der Waals surface area contributed by atoms with Crippen molar-refractivity contribution < 1.29 is 4.74 Å². The Bertz CT molecular complexity index is 421. The molecule has 1 rings (SSSR count). The van der Waals surface area contributed by atoms with Crippen molar-refractivity contribution in [3.63, 3.8) is 0 Å². The molecular weight excluding hydrogens is 260 g/mol. The van der Waals surface area contributed by atoms with E-state index in [2.05, 4.69) is 11.9 Å². The molecule has 0 radical (unpaired) electrons. The molecule has 0 aliphatic heterocycles. The minimum absolute atomic E-state index is 0.776. The largest absolute Gasteiger partial charge is 0.497 e. The third kappa shape index (κ3) is 8.08. The molecule has 0 saturated heterocycles. The first-order valence-electron chi connectivity index (χ1n) is 7.60. The number of benzene rings is 1. The molecule has 3 N–H and O–H groups in total. The number of methoxy groups -OCH3 is 1. The Balaban J connectivity index is 0.00000191. The highest BCUT2D eigenvalue weighted by atomic mass is 16.5. The maximum atomic E-state index is 6.03. The van der Waals surface area contributed by atoms with Gasteiger partial charge in [0.15, 0.2) is 0 Å². The van der Waals surface area contributed by atoms with Crippen LogP contribution in [0.5, 0.6) is 5.75 Å². The summed E-state index contributed by atoms with van der Waals surface area (Å²) in [6.45, 7) is 10.5. The van der Waals surface area contributed by atoms with Gasteiger partial charge in [-0.3, -0.25) is 0 Å². The van der Waals surface area contributed by atoms with Gasteiger partial charge in [-0.05, 0) is 43.9 Å². The van der Waals surface area contributed by atoms with Crippen LogP contribution in [0.4, 0.5) is 0 Å². The Morgan fingerprint density at radius 1 is 1.29 bits per heavy atom. The SMILES string of the molecule is C=CCCC/C(N)=C(\C)NCc1ccc(OC)cc1.CC. The van der Waals surface area contributed by atoms with Crippen LogP contribution in [0.2, 0.25) is 0 Å². The number of rotatable bonds is 8. The predicted octanol–water partition coefficient (Wildman–Crippen LogP) is 4.36. The molecule has 118 valence electrons. The van der Waals surface area contributed by atoms with Crippen LogP contribution in [0.15, 0.2) is 48.3 Å². The Kier molecular flexibility index (Phi) is 10.8. The zero-order valence-electron chi connectivity index (χ0n) is 13.9. The molecule has 21 heavy (non-hydrogen) atoms. The molecule has 0 amide bonds. The van der Waals surface area contributed by atoms with Crippen molar-refractivity contribution >= 4 is 0 Å². The van der Waals surface area contributed by atoms with E-state index in [0.29, 0.717) is 0 Å². The van der Waals surface area contributed by atoms with Crippen LogP contribution >= 0.6 is 0 Å². The lowest BCUT2D eigenvalue weighted by Crippen LogP contribution is -2.16. The van der Waals surface area contributed by atoms with Gasteiger partial charge in [0.05, 0.1) is 7.11 Å². The quantitative estimate of drug-likeness (QED) is 0.552. The van der Waals surface area contributed by atoms with Gasteiger partial charge < -0.3 is 15.8 Å². The Morgan fingerprint density at radius 2 is 1.90 bits per heavy atom. The average Bonchev–Trinajstić information content (AvgIpc) is 2.55. The smallest absolute Gasteiger partial charge is 0.118 e. The fraction of sp³-hybridized carbons (Fsp3) is 0.444. The van der Waals surface area contributed by atoms with Crippen LogP contribution in [0.3, 0.4) is 0 Å². The van der Waals surface area contributed by atoms with Gasteiger partial charge in [0, 0.05) is 17.9 Å². The first-order valence-corrected chi connectivity index (χ1v) is 7.60. The van der Waals surface area contributed by atoms with Crippen LogP contribution in [-0.2, 0) is 6.54 Å². The molecule has 0 aliphatic carbocycles. The van der Waals surface area contributed by atoms with Crippen LogP contribution in [0.25, 0.3) is 0 Å². The standard InChI is InChI=1S/C16H24N2O.C2H6/c1-4-5-6-7-16(17)13(2)18-12-14-8-10-15(19-3)11-9-14;1-2/h4,8-11,18H,1,5-7,12,17H2,2-3H3;1-2H3/b16-13-;. The molecule has 3 heteroatoms. The Labute approximate surface area is 129 Å². The summed E-state index contributed by atoms with van der Waals surface area (Å²) in [6, 6.07) is 8.02. The summed E-state index contributed by atoms with van der Waals surface area (Å²) >= 11 is 0. The lowest BCUT2D eigenvalue weighted by atomic mass is 10.1. The van der Waals surface area contributed by atoms with Crippen molar-refractivity contribution in [2.45, 2.75) is 46.6 Å². The van der Waals surface area contributed by atoms with Gasteiger partial charge in [-0.15, -0.1) is 6.58 Å². The molecule has 1 aromatic carbocycles. The molecule has 3 nitrogen and oxygen atoms in total. The molecular formula is C18H30N2O. The number of hydrogen-bond donors (Lipinski definition) is 2. The summed E-state index contributed by atoms with van der Waals surface area (Å²) in [7, 11) is 1.67. The van der Waals surface area contributed by atoms with Gasteiger partial charge in [-0.2, -0.15) is 0 Å². The van der Waals surface area contributed by atoms with E-state index in [1.54, 1.807) is 7.11 Å². The van der Waals surface area contributed by atoms with E-state index in [-0.39, 0.29) is 0 Å². The highest BCUT2D eigenvalue weighted by Gasteiger charge is 1.99. The van der Waals surface area contributed by atoms with Crippen LogP contribution in [-0.4, -0.2) is 7.11 Å². The number of hydrogen-bond acceptors (Lipinski definition) is 3. The minimum Gasteiger partial charge on any atom is -0.497 e. The fourth-order valence-corrected chi connectivity index (χ4v) is 1.72. The average molecular weight is 290 g/mol. The Hall–Kier alpha value is -1.90. The number of unbranched alkanes of at least 4 members (excludes halogenated alkanes) is 1. The monoisotopic (exact) mass is 290 g/mol. The summed E-state index contributed by atoms with van der Waals surface area (Å²) in [5, 5.41) is 3.35. The lowest BCUT2D eigenvalue weighted by molar-refractivity contribution is 0.414. The molecule has 0 unspecified atom stereocenters. The van der Waals surface area contributed by atoms with Crippen LogP contribution in [0.1, 0.15) is 45.6 Å². The van der Waals surface area contributed by atoms with E-state index in [4.69, 9.17) is 10.5 Å². The second-order valence-electron chi connectivity index (χ2n) is 4.53. The van der Waals surface area contributed by atoms with Gasteiger partial charge in [0.25, 0.3) is 0 Å². The summed E-state index contributed by atoms with van der Waals surface area (Å²) in [4.78, 5) is 0. The van der Waals surface area contributed by atoms with E-state index >= 15 is 0 Å². The van der Waals surface area contributed by atoms with Crippen molar-refractivity contribution in [2.75, 3.05) is 7.11 Å². The van der Waals surface area contributed by atoms with Gasteiger partial charge in [-0.25, -0.2) is 0 Å². The van der Waals surface area contributed by atoms with Crippen molar-refractivity contribution in [3.05, 3.63) is 53.9 Å². The maximum Gasteiger partial charge on any atom is 0.118 e. The molecule has 1 aromatic rings. The number of nitrogens with two attached hydrogens (primary N) is 1. The van der Waals surface area contributed by atoms with Crippen LogP contribution < -0.4 is 15.8 Å². The molecule has 0 aliphatic rings. The number of nitrogens with one attached hydrogen (secondary N) is 1. The first-order chi connectivity index (χ1) is 10.2. The second kappa shape index (κ2) is 11.9. The topological polar surface area (TPSA) is 47.3 Å². The van der Waals surface area contributed by atoms with E-state index in [1.807, 2.05) is 51.1 Å². The third-order valence-electron chi connectivity index (χ3n) is 3.05. The van der Waals surface area contributed by atoms with Crippen molar-refractivity contribution in [3.8, 4) is 5.75 Å². The molecule has 0 bridgehead atoms. The number of ether oxygens (including phenoxy) is 1. The first kappa shape index (κ1) is 19.1. The van der Waals surface area contributed by atoms with Crippen molar-refractivity contribution in [1.82, 2.24) is 5.32 Å². The maximum absolute atomic E-state index is 6.03. The zero-order valence-corrected chi connectivity index (χ0v) is 13.9. The molecule has 0 saturated carbocycles. The fourth-order valence-electron chi connectivity index (χ4n) is 1.72. The molecule has 0 heterocycles. The minimum atomic E-state index is 0.776. The third-order valence-corrected chi connectivity index (χ3v) is 3.05. The van der Waals surface area contributed by atoms with Crippen LogP contribution in [0, 0.1) is 0 Å². The zero-order chi connectivity index (χ0) is 16.1. The van der Waals surface area contributed by atoms with Gasteiger partial charge in [0.1, 0.15) is 5.75 Å². The van der Waals surface area contributed by atoms with E-state index in [1.165, 1.54) is 5.56 Å². The van der Waals surface area contributed by atoms with E-state index in [0.717, 1.165) is 43.0 Å². The highest BCUT2D eigenvalue weighted by Crippen LogP contribution is 2.12. The molecule has 0 atom stereocenters.